The van der Waals surface area contributed by atoms with E-state index in [2.05, 4.69) is 34.6 Å². The molecule has 3 nitrogen and oxygen atoms in total. The number of phenols is 1. The normalized spacial score (nSPS) is 12.5. The van der Waals surface area contributed by atoms with Crippen molar-refractivity contribution in [2.45, 2.75) is 52.9 Å². The lowest BCUT2D eigenvalue weighted by molar-refractivity contribution is -0.136. The van der Waals surface area contributed by atoms with E-state index in [4.69, 9.17) is 5.11 Å². The van der Waals surface area contributed by atoms with Crippen LogP contribution < -0.4 is 0 Å². The average Bonchev–Trinajstić information content (AvgIpc) is 2.16. The van der Waals surface area contributed by atoms with Crippen molar-refractivity contribution in [2.75, 3.05) is 0 Å². The molecule has 1 aromatic rings. The van der Waals surface area contributed by atoms with Crippen LogP contribution in [-0.4, -0.2) is 16.2 Å². The molecule has 0 aliphatic rings. The Morgan fingerprint density at radius 3 is 2.21 bits per heavy atom. The second-order valence-electron chi connectivity index (χ2n) is 7.04. The highest BCUT2D eigenvalue weighted by atomic mass is 16.4. The Morgan fingerprint density at radius 1 is 1.16 bits per heavy atom. The molecule has 1 aromatic carbocycles. The predicted molar refractivity (Wildman–Crippen MR) is 76.5 cm³/mol. The molecule has 1 rings (SSSR count). The van der Waals surface area contributed by atoms with Crippen molar-refractivity contribution in [1.29, 1.82) is 0 Å². The molecule has 0 heterocycles. The maximum Gasteiger partial charge on any atom is 0.307 e. The minimum absolute atomic E-state index is 0.0150. The third-order valence-corrected chi connectivity index (χ3v) is 3.12. The summed E-state index contributed by atoms with van der Waals surface area (Å²) >= 11 is 0. The molecular weight excluding hydrogens is 240 g/mol. The topological polar surface area (TPSA) is 57.5 Å². The highest BCUT2D eigenvalue weighted by Crippen LogP contribution is 2.40. The summed E-state index contributed by atoms with van der Waals surface area (Å²) < 4.78 is 0. The van der Waals surface area contributed by atoms with Gasteiger partial charge < -0.3 is 10.2 Å². The van der Waals surface area contributed by atoms with Crippen LogP contribution in [0.25, 0.3) is 0 Å². The van der Waals surface area contributed by atoms with Gasteiger partial charge >= 0.3 is 5.97 Å². The number of hydrogen-bond acceptors (Lipinski definition) is 2. The van der Waals surface area contributed by atoms with Gasteiger partial charge in [-0.25, -0.2) is 0 Å². The van der Waals surface area contributed by atoms with E-state index >= 15 is 0 Å². The monoisotopic (exact) mass is 264 g/mol. The molecule has 106 valence electrons. The van der Waals surface area contributed by atoms with Crippen molar-refractivity contribution in [3.63, 3.8) is 0 Å². The predicted octanol–water partition coefficient (Wildman–Crippen LogP) is 3.73. The number of aliphatic carboxylic acids is 1. The van der Waals surface area contributed by atoms with Crippen molar-refractivity contribution >= 4 is 5.97 Å². The maximum absolute atomic E-state index is 10.8. The second kappa shape index (κ2) is 5.24. The molecule has 0 amide bonds. The van der Waals surface area contributed by atoms with Gasteiger partial charge in [0.05, 0.1) is 6.42 Å². The third kappa shape index (κ3) is 4.58. The van der Waals surface area contributed by atoms with Gasteiger partial charge in [0.25, 0.3) is 0 Å². The van der Waals surface area contributed by atoms with Crippen LogP contribution in [0.1, 0.15) is 52.2 Å². The molecule has 0 radical (unpaired) electrons. The largest absolute Gasteiger partial charge is 0.508 e. The lowest BCUT2D eigenvalue weighted by Crippen LogP contribution is -2.25. The van der Waals surface area contributed by atoms with E-state index in [0.717, 1.165) is 17.5 Å². The summed E-state index contributed by atoms with van der Waals surface area (Å²) in [5, 5.41) is 18.9. The standard InChI is InChI=1S/C16H24O3/c1-15(2,3)10-16(4,5)12-8-11(9-14(18)19)6-7-13(12)17/h6-8,17H,9-10H2,1-5H3,(H,18,19). The van der Waals surface area contributed by atoms with Gasteiger partial charge in [-0.3, -0.25) is 4.79 Å². The van der Waals surface area contributed by atoms with Crippen molar-refractivity contribution in [3.05, 3.63) is 29.3 Å². The third-order valence-electron chi connectivity index (χ3n) is 3.12. The van der Waals surface area contributed by atoms with E-state index in [1.165, 1.54) is 0 Å². The van der Waals surface area contributed by atoms with Crippen LogP contribution in [0.2, 0.25) is 0 Å². The van der Waals surface area contributed by atoms with Gasteiger partial charge in [-0.1, -0.05) is 46.8 Å². The summed E-state index contributed by atoms with van der Waals surface area (Å²) in [6.45, 7) is 10.6. The van der Waals surface area contributed by atoms with Crippen LogP contribution in [0.5, 0.6) is 5.75 Å². The van der Waals surface area contributed by atoms with Crippen molar-refractivity contribution < 1.29 is 15.0 Å². The fourth-order valence-electron chi connectivity index (χ4n) is 2.83. The number of carboxylic acids is 1. The highest BCUT2D eigenvalue weighted by Gasteiger charge is 2.29. The van der Waals surface area contributed by atoms with Gasteiger partial charge in [0.15, 0.2) is 0 Å². The molecule has 0 saturated heterocycles. The lowest BCUT2D eigenvalue weighted by Gasteiger charge is -2.33. The SMILES string of the molecule is CC(C)(C)CC(C)(C)c1cc(CC(=O)O)ccc1O. The summed E-state index contributed by atoms with van der Waals surface area (Å²) in [4.78, 5) is 10.8. The zero-order valence-electron chi connectivity index (χ0n) is 12.4. The van der Waals surface area contributed by atoms with Crippen LogP contribution in [0.4, 0.5) is 0 Å². The Morgan fingerprint density at radius 2 is 1.74 bits per heavy atom. The summed E-state index contributed by atoms with van der Waals surface area (Å²) in [7, 11) is 0. The number of carboxylic acid groups (broad SMARTS) is 1. The van der Waals surface area contributed by atoms with Gasteiger partial charge in [0.1, 0.15) is 5.75 Å². The number of benzene rings is 1. The highest BCUT2D eigenvalue weighted by molar-refractivity contribution is 5.70. The van der Waals surface area contributed by atoms with Gasteiger partial charge in [0.2, 0.25) is 0 Å². The summed E-state index contributed by atoms with van der Waals surface area (Å²) in [5.74, 6) is -0.617. The fraction of sp³-hybridized carbons (Fsp3) is 0.562. The zero-order valence-corrected chi connectivity index (χ0v) is 12.4. The Balaban J connectivity index is 3.13. The Hall–Kier alpha value is -1.51. The molecule has 0 aliphatic carbocycles. The van der Waals surface area contributed by atoms with Crippen LogP contribution in [0.3, 0.4) is 0 Å². The molecule has 0 bridgehead atoms. The molecule has 0 fully saturated rings. The number of carbonyl (C=O) groups is 1. The fourth-order valence-corrected chi connectivity index (χ4v) is 2.83. The molecule has 0 atom stereocenters. The van der Waals surface area contributed by atoms with Crippen LogP contribution in [0, 0.1) is 5.41 Å². The summed E-state index contributed by atoms with van der Waals surface area (Å²) in [5.41, 5.74) is 1.48. The molecule has 19 heavy (non-hydrogen) atoms. The Bertz CT molecular complexity index is 467. The van der Waals surface area contributed by atoms with Gasteiger partial charge in [-0.15, -0.1) is 0 Å². The summed E-state index contributed by atoms with van der Waals surface area (Å²) in [6, 6.07) is 5.08. The smallest absolute Gasteiger partial charge is 0.307 e. The Kier molecular flexibility index (Phi) is 4.28. The van der Waals surface area contributed by atoms with Crippen molar-refractivity contribution in [1.82, 2.24) is 0 Å². The molecular formula is C16H24O3. The average molecular weight is 264 g/mol. The van der Waals surface area contributed by atoms with Crippen LogP contribution in [-0.2, 0) is 16.6 Å². The molecule has 0 spiro atoms. The van der Waals surface area contributed by atoms with Crippen LogP contribution >= 0.6 is 0 Å². The van der Waals surface area contributed by atoms with Crippen molar-refractivity contribution in [3.8, 4) is 5.75 Å². The first-order valence-electron chi connectivity index (χ1n) is 6.55. The minimum Gasteiger partial charge on any atom is -0.508 e. The number of hydrogen-bond donors (Lipinski definition) is 2. The van der Waals surface area contributed by atoms with E-state index in [9.17, 15) is 9.90 Å². The van der Waals surface area contributed by atoms with Crippen molar-refractivity contribution in [2.24, 2.45) is 5.41 Å². The van der Waals surface area contributed by atoms with Gasteiger partial charge in [0, 0.05) is 0 Å². The number of aromatic hydroxyl groups is 1. The zero-order chi connectivity index (χ0) is 14.8. The first-order valence-corrected chi connectivity index (χ1v) is 6.55. The van der Waals surface area contributed by atoms with E-state index in [-0.39, 0.29) is 23.0 Å². The molecule has 0 unspecified atom stereocenters. The summed E-state index contributed by atoms with van der Waals surface area (Å²) in [6.07, 6.45) is 0.892. The quantitative estimate of drug-likeness (QED) is 0.871. The lowest BCUT2D eigenvalue weighted by atomic mass is 9.71. The van der Waals surface area contributed by atoms with Gasteiger partial charge in [-0.2, -0.15) is 0 Å². The molecule has 0 aromatic heterocycles. The van der Waals surface area contributed by atoms with E-state index in [1.807, 2.05) is 6.07 Å². The molecule has 0 saturated carbocycles. The molecule has 3 heteroatoms. The van der Waals surface area contributed by atoms with E-state index in [1.54, 1.807) is 12.1 Å². The molecule has 2 N–H and O–H groups in total. The minimum atomic E-state index is -0.856. The maximum atomic E-state index is 10.8. The number of phenolic OH excluding ortho intramolecular Hbond substituents is 1. The second-order valence-corrected chi connectivity index (χ2v) is 7.04. The first kappa shape index (κ1) is 15.5. The Labute approximate surface area is 115 Å². The van der Waals surface area contributed by atoms with E-state index in [0.29, 0.717) is 0 Å². The van der Waals surface area contributed by atoms with Gasteiger partial charge in [-0.05, 0) is 34.4 Å². The molecule has 0 aliphatic heterocycles. The van der Waals surface area contributed by atoms with Crippen LogP contribution in [0.15, 0.2) is 18.2 Å². The van der Waals surface area contributed by atoms with E-state index < -0.39 is 5.97 Å². The first-order chi connectivity index (χ1) is 8.51. The number of rotatable bonds is 4.